The number of nitrogens with zero attached hydrogens (tertiary/aromatic N) is 2. The Morgan fingerprint density at radius 3 is 2.56 bits per heavy atom. The van der Waals surface area contributed by atoms with E-state index in [2.05, 4.69) is 25.3 Å². The fourth-order valence-electron chi connectivity index (χ4n) is 2.83. The van der Waals surface area contributed by atoms with E-state index >= 15 is 0 Å². The van der Waals surface area contributed by atoms with Crippen LogP contribution in [-0.4, -0.2) is 70.4 Å². The zero-order valence-corrected chi connectivity index (χ0v) is 18.1. The highest BCUT2D eigenvalue weighted by atomic mass is 127. The third-order valence-corrected chi connectivity index (χ3v) is 4.28. The van der Waals surface area contributed by atoms with E-state index in [1.54, 1.807) is 7.05 Å². The molecule has 1 aromatic rings. The maximum atomic E-state index is 13.3. The standard InChI is InChI=1S/C18H27FN4O3.HI/c1-20-18(21-8-7-17(24)25-2)22-13-16(23-9-11-26-12-10-23)14-3-5-15(19)6-4-14;/h3-6,16H,7-13H2,1-2H3,(H2,20,21,22);1H. The highest BCUT2D eigenvalue weighted by molar-refractivity contribution is 14.0. The van der Waals surface area contributed by atoms with Crippen molar-refractivity contribution in [3.63, 3.8) is 0 Å². The number of carbonyl (C=O) groups is 1. The molecule has 1 saturated heterocycles. The molecular weight excluding hydrogens is 466 g/mol. The zero-order chi connectivity index (χ0) is 18.8. The number of hydrogen-bond acceptors (Lipinski definition) is 5. The van der Waals surface area contributed by atoms with Gasteiger partial charge in [-0.15, -0.1) is 24.0 Å². The molecular formula is C18H28FIN4O3. The summed E-state index contributed by atoms with van der Waals surface area (Å²) in [6.45, 7) is 4.04. The molecule has 2 rings (SSSR count). The first-order valence-corrected chi connectivity index (χ1v) is 8.72. The van der Waals surface area contributed by atoms with Gasteiger partial charge in [-0.1, -0.05) is 12.1 Å². The van der Waals surface area contributed by atoms with Crippen LogP contribution in [0.1, 0.15) is 18.0 Å². The van der Waals surface area contributed by atoms with Gasteiger partial charge in [0.15, 0.2) is 5.96 Å². The van der Waals surface area contributed by atoms with Crippen molar-refractivity contribution in [3.05, 3.63) is 35.6 Å². The van der Waals surface area contributed by atoms with E-state index in [-0.39, 0.29) is 48.2 Å². The molecule has 1 unspecified atom stereocenters. The van der Waals surface area contributed by atoms with Crippen molar-refractivity contribution in [3.8, 4) is 0 Å². The molecule has 1 aliphatic rings. The molecule has 1 fully saturated rings. The summed E-state index contributed by atoms with van der Waals surface area (Å²) in [5, 5.41) is 6.37. The van der Waals surface area contributed by atoms with Crippen LogP contribution >= 0.6 is 24.0 Å². The van der Waals surface area contributed by atoms with Gasteiger partial charge in [0.25, 0.3) is 0 Å². The lowest BCUT2D eigenvalue weighted by atomic mass is 10.0. The van der Waals surface area contributed by atoms with Crippen LogP contribution in [-0.2, 0) is 14.3 Å². The third kappa shape index (κ3) is 7.97. The third-order valence-electron chi connectivity index (χ3n) is 4.28. The Kier molecular flexibility index (Phi) is 11.2. The molecule has 0 aliphatic carbocycles. The van der Waals surface area contributed by atoms with E-state index in [0.717, 1.165) is 18.7 Å². The summed E-state index contributed by atoms with van der Waals surface area (Å²) < 4.78 is 23.3. The van der Waals surface area contributed by atoms with E-state index < -0.39 is 0 Å². The quantitative estimate of drug-likeness (QED) is 0.260. The van der Waals surface area contributed by atoms with E-state index in [1.807, 2.05) is 12.1 Å². The van der Waals surface area contributed by atoms with Gasteiger partial charge in [0.2, 0.25) is 0 Å². The van der Waals surface area contributed by atoms with Crippen molar-refractivity contribution in [1.82, 2.24) is 15.5 Å². The first-order chi connectivity index (χ1) is 12.6. The Labute approximate surface area is 176 Å². The molecule has 0 radical (unpaired) electrons. The van der Waals surface area contributed by atoms with Crippen LogP contribution in [0.4, 0.5) is 4.39 Å². The Morgan fingerprint density at radius 1 is 1.30 bits per heavy atom. The summed E-state index contributed by atoms with van der Waals surface area (Å²) in [6, 6.07) is 6.65. The maximum absolute atomic E-state index is 13.3. The fraction of sp³-hybridized carbons (Fsp3) is 0.556. The summed E-state index contributed by atoms with van der Waals surface area (Å²) in [6.07, 6.45) is 0.266. The Hall–Kier alpha value is -1.46. The van der Waals surface area contributed by atoms with Crippen molar-refractivity contribution in [2.75, 3.05) is 53.6 Å². The number of hydrogen-bond donors (Lipinski definition) is 2. The number of morpholine rings is 1. The van der Waals surface area contributed by atoms with Crippen LogP contribution in [0.3, 0.4) is 0 Å². The second kappa shape index (κ2) is 12.8. The molecule has 0 aromatic heterocycles. The first kappa shape index (κ1) is 23.6. The van der Waals surface area contributed by atoms with Crippen LogP contribution in [0.25, 0.3) is 0 Å². The second-order valence-corrected chi connectivity index (χ2v) is 5.92. The van der Waals surface area contributed by atoms with Crippen LogP contribution in [0.5, 0.6) is 0 Å². The average molecular weight is 494 g/mol. The fourth-order valence-corrected chi connectivity index (χ4v) is 2.83. The molecule has 27 heavy (non-hydrogen) atoms. The van der Waals surface area contributed by atoms with Crippen LogP contribution in [0.2, 0.25) is 0 Å². The van der Waals surface area contributed by atoms with Gasteiger partial charge in [0, 0.05) is 33.2 Å². The van der Waals surface area contributed by atoms with Gasteiger partial charge in [0.1, 0.15) is 5.82 Å². The molecule has 2 N–H and O–H groups in total. The number of esters is 1. The van der Waals surface area contributed by atoms with Gasteiger partial charge in [-0.2, -0.15) is 0 Å². The van der Waals surface area contributed by atoms with E-state index in [0.29, 0.717) is 32.3 Å². The van der Waals surface area contributed by atoms with Crippen molar-refractivity contribution < 1.29 is 18.7 Å². The molecule has 0 bridgehead atoms. The number of methoxy groups -OCH3 is 1. The van der Waals surface area contributed by atoms with Crippen molar-refractivity contribution in [2.24, 2.45) is 4.99 Å². The van der Waals surface area contributed by atoms with E-state index in [4.69, 9.17) is 4.74 Å². The van der Waals surface area contributed by atoms with Gasteiger partial charge in [-0.05, 0) is 17.7 Å². The highest BCUT2D eigenvalue weighted by Crippen LogP contribution is 2.21. The Balaban J connectivity index is 0.00000364. The summed E-state index contributed by atoms with van der Waals surface area (Å²) in [4.78, 5) is 17.7. The van der Waals surface area contributed by atoms with Gasteiger partial charge in [-0.3, -0.25) is 14.7 Å². The first-order valence-electron chi connectivity index (χ1n) is 8.72. The number of ether oxygens (including phenoxy) is 2. The Morgan fingerprint density at radius 2 is 1.96 bits per heavy atom. The molecule has 1 aromatic carbocycles. The number of aliphatic imine (C=N–C) groups is 1. The van der Waals surface area contributed by atoms with Gasteiger partial charge in [-0.25, -0.2) is 4.39 Å². The topological polar surface area (TPSA) is 75.2 Å². The molecule has 0 spiro atoms. The van der Waals surface area contributed by atoms with Crippen LogP contribution in [0.15, 0.2) is 29.3 Å². The average Bonchev–Trinajstić information content (AvgIpc) is 2.68. The molecule has 152 valence electrons. The molecule has 0 saturated carbocycles. The van der Waals surface area contributed by atoms with Crippen molar-refractivity contribution in [1.29, 1.82) is 0 Å². The van der Waals surface area contributed by atoms with Gasteiger partial charge < -0.3 is 20.1 Å². The SMILES string of the molecule is CN=C(NCCC(=O)OC)NCC(c1ccc(F)cc1)N1CCOCC1.I. The lowest BCUT2D eigenvalue weighted by molar-refractivity contribution is -0.140. The van der Waals surface area contributed by atoms with Crippen molar-refractivity contribution >= 4 is 35.9 Å². The lowest BCUT2D eigenvalue weighted by Crippen LogP contribution is -2.46. The number of benzene rings is 1. The normalized spacial score (nSPS) is 16.2. The summed E-state index contributed by atoms with van der Waals surface area (Å²) in [5.74, 6) is 0.0856. The minimum atomic E-state index is -0.273. The maximum Gasteiger partial charge on any atom is 0.307 e. The minimum absolute atomic E-state index is 0. The van der Waals surface area contributed by atoms with Crippen LogP contribution < -0.4 is 10.6 Å². The minimum Gasteiger partial charge on any atom is -0.469 e. The molecule has 1 aliphatic heterocycles. The molecule has 7 nitrogen and oxygen atoms in total. The van der Waals surface area contributed by atoms with Gasteiger partial charge >= 0.3 is 5.97 Å². The molecule has 9 heteroatoms. The molecule has 0 amide bonds. The van der Waals surface area contributed by atoms with E-state index in [1.165, 1.54) is 19.2 Å². The van der Waals surface area contributed by atoms with Gasteiger partial charge in [0.05, 0.1) is 32.8 Å². The predicted molar refractivity (Wildman–Crippen MR) is 113 cm³/mol. The monoisotopic (exact) mass is 494 g/mol. The smallest absolute Gasteiger partial charge is 0.307 e. The zero-order valence-electron chi connectivity index (χ0n) is 15.7. The summed E-state index contributed by atoms with van der Waals surface area (Å²) in [7, 11) is 3.04. The molecule has 1 heterocycles. The Bertz CT molecular complexity index is 595. The summed E-state index contributed by atoms with van der Waals surface area (Å²) >= 11 is 0. The number of nitrogens with one attached hydrogen (secondary N) is 2. The predicted octanol–water partition coefficient (Wildman–Crippen LogP) is 1.55. The molecule has 1 atom stereocenters. The number of halogens is 2. The number of carbonyl (C=O) groups excluding carboxylic acids is 1. The van der Waals surface area contributed by atoms with Crippen LogP contribution in [0, 0.1) is 5.82 Å². The number of rotatable bonds is 7. The summed E-state index contributed by atoms with van der Waals surface area (Å²) in [5.41, 5.74) is 1.03. The lowest BCUT2D eigenvalue weighted by Gasteiger charge is -2.35. The van der Waals surface area contributed by atoms with E-state index in [9.17, 15) is 9.18 Å². The largest absolute Gasteiger partial charge is 0.469 e. The van der Waals surface area contributed by atoms with Crippen molar-refractivity contribution in [2.45, 2.75) is 12.5 Å². The second-order valence-electron chi connectivity index (χ2n) is 5.92. The highest BCUT2D eigenvalue weighted by Gasteiger charge is 2.23. The number of guanidine groups is 1.